The van der Waals surface area contributed by atoms with E-state index >= 15 is 0 Å². The highest BCUT2D eigenvalue weighted by atomic mass is 16.5. The second-order valence-electron chi connectivity index (χ2n) is 4.38. The van der Waals surface area contributed by atoms with Gasteiger partial charge in [-0.15, -0.1) is 0 Å². The minimum atomic E-state index is -1.30. The van der Waals surface area contributed by atoms with Crippen LogP contribution in [0.2, 0.25) is 0 Å². The fourth-order valence-corrected chi connectivity index (χ4v) is 1.96. The van der Waals surface area contributed by atoms with Crippen molar-refractivity contribution in [1.82, 2.24) is 10.6 Å². The van der Waals surface area contributed by atoms with E-state index < -0.39 is 36.2 Å². The van der Waals surface area contributed by atoms with Gasteiger partial charge in [-0.2, -0.15) is 0 Å². The normalized spacial score (nSPS) is 23.8. The number of carboxylic acid groups (broad SMARTS) is 1. The molecular weight excluding hydrogens is 254 g/mol. The molecule has 0 spiro atoms. The Morgan fingerprint density at radius 3 is 2.63 bits per heavy atom. The van der Waals surface area contributed by atoms with Crippen LogP contribution >= 0.6 is 0 Å². The molecule has 0 aliphatic carbocycles. The van der Waals surface area contributed by atoms with Crippen molar-refractivity contribution in [3.05, 3.63) is 0 Å². The van der Waals surface area contributed by atoms with Gasteiger partial charge < -0.3 is 26.2 Å². The van der Waals surface area contributed by atoms with E-state index in [4.69, 9.17) is 15.6 Å². The highest BCUT2D eigenvalue weighted by Gasteiger charge is 2.35. The van der Waals surface area contributed by atoms with E-state index in [-0.39, 0.29) is 12.6 Å². The smallest absolute Gasteiger partial charge is 0.326 e. The first-order valence-electron chi connectivity index (χ1n) is 6.08. The van der Waals surface area contributed by atoms with E-state index in [1.165, 1.54) is 0 Å². The number of rotatable bonds is 7. The van der Waals surface area contributed by atoms with Crippen LogP contribution in [0.15, 0.2) is 0 Å². The number of carbonyl (C=O) groups is 3. The first-order valence-corrected chi connectivity index (χ1v) is 6.08. The summed E-state index contributed by atoms with van der Waals surface area (Å²) in [7, 11) is 0. The molecule has 108 valence electrons. The molecule has 1 fully saturated rings. The molecule has 0 saturated carbocycles. The highest BCUT2D eigenvalue weighted by molar-refractivity contribution is 5.89. The lowest BCUT2D eigenvalue weighted by Crippen LogP contribution is -2.50. The van der Waals surface area contributed by atoms with Crippen LogP contribution in [0.3, 0.4) is 0 Å². The van der Waals surface area contributed by atoms with Gasteiger partial charge in [-0.1, -0.05) is 6.92 Å². The van der Waals surface area contributed by atoms with E-state index in [9.17, 15) is 14.4 Å². The Kier molecular flexibility index (Phi) is 5.71. The first kappa shape index (κ1) is 15.4. The summed E-state index contributed by atoms with van der Waals surface area (Å²) in [5.41, 5.74) is 4.94. The monoisotopic (exact) mass is 273 g/mol. The molecule has 8 nitrogen and oxygen atoms in total. The van der Waals surface area contributed by atoms with Crippen LogP contribution in [0, 0.1) is 5.92 Å². The Morgan fingerprint density at radius 2 is 2.11 bits per heavy atom. The lowest BCUT2D eigenvalue weighted by atomic mass is 10.0. The van der Waals surface area contributed by atoms with Crippen molar-refractivity contribution >= 4 is 17.8 Å². The Balaban J connectivity index is 2.60. The van der Waals surface area contributed by atoms with Crippen molar-refractivity contribution in [2.45, 2.75) is 25.4 Å². The van der Waals surface area contributed by atoms with Gasteiger partial charge in [0.15, 0.2) is 0 Å². The maximum atomic E-state index is 12.0. The third-order valence-corrected chi connectivity index (χ3v) is 2.90. The quantitative estimate of drug-likeness (QED) is 0.426. The van der Waals surface area contributed by atoms with E-state index in [2.05, 4.69) is 10.6 Å². The number of amides is 2. The largest absolute Gasteiger partial charge is 0.480 e. The second kappa shape index (κ2) is 7.05. The molecule has 1 heterocycles. The van der Waals surface area contributed by atoms with Gasteiger partial charge >= 0.3 is 5.97 Å². The average molecular weight is 273 g/mol. The number of carboxylic acids is 1. The minimum Gasteiger partial charge on any atom is -0.480 e. The highest BCUT2D eigenvalue weighted by Crippen LogP contribution is 2.14. The third-order valence-electron chi connectivity index (χ3n) is 2.90. The topological polar surface area (TPSA) is 131 Å². The fourth-order valence-electron chi connectivity index (χ4n) is 1.96. The molecule has 19 heavy (non-hydrogen) atoms. The van der Waals surface area contributed by atoms with E-state index in [0.717, 1.165) is 0 Å². The number of nitrogens with one attached hydrogen (secondary N) is 2. The Hall–Kier alpha value is -1.67. The fraction of sp³-hybridized carbons (Fsp3) is 0.727. The van der Waals surface area contributed by atoms with Crippen LogP contribution in [0.1, 0.15) is 13.3 Å². The van der Waals surface area contributed by atoms with Crippen molar-refractivity contribution < 1.29 is 24.2 Å². The van der Waals surface area contributed by atoms with Crippen LogP contribution in [0.5, 0.6) is 0 Å². The molecule has 0 aromatic heterocycles. The standard InChI is InChI=1S/C11H19N3O5/c1-2-13-8-5-19-4-6(8)10(16)14-7(11(17)18)3-9(12)15/h6-8,13H,2-5H2,1H3,(H2,12,15)(H,14,16)(H,17,18)/t6?,7-,8?/m1/s1. The Bertz CT molecular complexity index is 360. The van der Waals surface area contributed by atoms with Crippen LogP contribution in [-0.2, 0) is 19.1 Å². The van der Waals surface area contributed by atoms with Gasteiger partial charge in [-0.25, -0.2) is 4.79 Å². The SMILES string of the molecule is CCNC1COCC1C(=O)N[C@H](CC(N)=O)C(=O)O. The van der Waals surface area contributed by atoms with Gasteiger partial charge in [0.25, 0.3) is 0 Å². The number of aliphatic carboxylic acids is 1. The summed E-state index contributed by atoms with van der Waals surface area (Å²) in [5, 5.41) is 14.3. The zero-order valence-corrected chi connectivity index (χ0v) is 10.7. The van der Waals surface area contributed by atoms with Crippen LogP contribution in [0.25, 0.3) is 0 Å². The van der Waals surface area contributed by atoms with Crippen LogP contribution < -0.4 is 16.4 Å². The molecule has 1 rings (SSSR count). The number of carbonyl (C=O) groups excluding carboxylic acids is 2. The maximum absolute atomic E-state index is 12.0. The van der Waals surface area contributed by atoms with Gasteiger partial charge in [0.2, 0.25) is 11.8 Å². The van der Waals surface area contributed by atoms with E-state index in [1.54, 1.807) is 0 Å². The number of hydrogen-bond acceptors (Lipinski definition) is 5. The number of likely N-dealkylation sites (N-methyl/N-ethyl adjacent to an activating group) is 1. The van der Waals surface area contributed by atoms with Gasteiger partial charge in [0, 0.05) is 6.04 Å². The average Bonchev–Trinajstić information content (AvgIpc) is 2.76. The maximum Gasteiger partial charge on any atom is 0.326 e. The Morgan fingerprint density at radius 1 is 1.42 bits per heavy atom. The number of hydrogen-bond donors (Lipinski definition) is 4. The van der Waals surface area contributed by atoms with Gasteiger partial charge in [0.1, 0.15) is 6.04 Å². The molecule has 0 radical (unpaired) electrons. The predicted octanol–water partition coefficient (Wildman–Crippen LogP) is -1.94. The zero-order valence-electron chi connectivity index (χ0n) is 10.7. The minimum absolute atomic E-state index is 0.145. The summed E-state index contributed by atoms with van der Waals surface area (Å²) in [4.78, 5) is 33.7. The molecule has 3 atom stereocenters. The lowest BCUT2D eigenvalue weighted by Gasteiger charge is -2.20. The summed E-state index contributed by atoms with van der Waals surface area (Å²) in [5.74, 6) is -2.98. The van der Waals surface area contributed by atoms with Gasteiger partial charge in [-0.05, 0) is 6.54 Å². The molecule has 0 bridgehead atoms. The van der Waals surface area contributed by atoms with Gasteiger partial charge in [-0.3, -0.25) is 9.59 Å². The Labute approximate surface area is 110 Å². The molecule has 0 aromatic carbocycles. The van der Waals surface area contributed by atoms with E-state index in [1.807, 2.05) is 6.92 Å². The zero-order chi connectivity index (χ0) is 14.4. The third kappa shape index (κ3) is 4.49. The molecule has 1 saturated heterocycles. The molecule has 2 unspecified atom stereocenters. The molecular formula is C11H19N3O5. The lowest BCUT2D eigenvalue weighted by molar-refractivity contribution is -0.144. The van der Waals surface area contributed by atoms with Crippen molar-refractivity contribution in [3.8, 4) is 0 Å². The van der Waals surface area contributed by atoms with Gasteiger partial charge in [0.05, 0.1) is 25.6 Å². The molecule has 0 aromatic rings. The summed E-state index contributed by atoms with van der Waals surface area (Å²) in [6.45, 7) is 3.22. The van der Waals surface area contributed by atoms with Crippen molar-refractivity contribution in [2.75, 3.05) is 19.8 Å². The van der Waals surface area contributed by atoms with E-state index in [0.29, 0.717) is 13.2 Å². The molecule has 5 N–H and O–H groups in total. The predicted molar refractivity (Wildman–Crippen MR) is 65.2 cm³/mol. The number of primary amides is 1. The summed E-state index contributed by atoms with van der Waals surface area (Å²) < 4.78 is 5.20. The molecule has 2 amide bonds. The van der Waals surface area contributed by atoms with Crippen LogP contribution in [0.4, 0.5) is 0 Å². The molecule has 8 heteroatoms. The van der Waals surface area contributed by atoms with Crippen molar-refractivity contribution in [1.29, 1.82) is 0 Å². The number of ether oxygens (including phenoxy) is 1. The first-order chi connectivity index (χ1) is 8.95. The number of nitrogens with two attached hydrogens (primary N) is 1. The second-order valence-corrected chi connectivity index (χ2v) is 4.38. The summed E-state index contributed by atoms with van der Waals surface area (Å²) in [6.07, 6.45) is -0.430. The van der Waals surface area contributed by atoms with Crippen LogP contribution in [-0.4, -0.2) is 54.7 Å². The molecule has 1 aliphatic heterocycles. The summed E-state index contributed by atoms with van der Waals surface area (Å²) in [6, 6.07) is -1.44. The van der Waals surface area contributed by atoms with Crippen molar-refractivity contribution in [2.24, 2.45) is 11.7 Å². The molecule has 1 aliphatic rings. The summed E-state index contributed by atoms with van der Waals surface area (Å²) >= 11 is 0. The van der Waals surface area contributed by atoms with Crippen molar-refractivity contribution in [3.63, 3.8) is 0 Å².